The van der Waals surface area contributed by atoms with E-state index in [0.29, 0.717) is 16.9 Å². The van der Waals surface area contributed by atoms with Gasteiger partial charge in [-0.25, -0.2) is 14.5 Å². The summed E-state index contributed by atoms with van der Waals surface area (Å²) in [6.07, 6.45) is -13.6. The first-order chi connectivity index (χ1) is 37.5. The van der Waals surface area contributed by atoms with Crippen LogP contribution in [0, 0.1) is 19.3 Å². The number of fused-ring (bicyclic) bond motifs is 1. The molecule has 0 unspecified atom stereocenters. The number of aliphatic hydroxyl groups is 5. The minimum absolute atomic E-state index is 0. The van der Waals surface area contributed by atoms with E-state index in [1.165, 1.54) is 53.1 Å². The fourth-order valence-corrected chi connectivity index (χ4v) is 9.28. The van der Waals surface area contributed by atoms with Crippen molar-refractivity contribution < 1.29 is 109 Å². The number of halogens is 3. The van der Waals surface area contributed by atoms with Crippen LogP contribution in [0.15, 0.2) is 72.9 Å². The number of hydrogen-bond acceptors (Lipinski definition) is 19. The lowest BCUT2D eigenvalue weighted by molar-refractivity contribution is -0.665. The Morgan fingerprint density at radius 3 is 2.17 bits per heavy atom. The first-order valence-corrected chi connectivity index (χ1v) is 26.1. The molecular formula is C50H62F3N7O19S. The molecule has 1 aliphatic carbocycles. The Balaban J connectivity index is 0.0000103. The zero-order chi connectivity index (χ0) is 57.2. The monoisotopic (exact) mass is 1150 g/mol. The third kappa shape index (κ3) is 16.5. The molecule has 438 valence electrons. The van der Waals surface area contributed by atoms with E-state index in [-0.39, 0.29) is 115 Å². The quantitative estimate of drug-likeness (QED) is 0.0150. The predicted molar refractivity (Wildman–Crippen MR) is 268 cm³/mol. The number of aliphatic hydroxyl groups excluding tert-OH is 5. The Morgan fingerprint density at radius 2 is 1.50 bits per heavy atom. The van der Waals surface area contributed by atoms with Crippen molar-refractivity contribution in [3.8, 4) is 17.0 Å². The van der Waals surface area contributed by atoms with Gasteiger partial charge in [0.1, 0.15) is 42.0 Å². The van der Waals surface area contributed by atoms with Crippen LogP contribution < -0.4 is 25.1 Å². The summed E-state index contributed by atoms with van der Waals surface area (Å²) in [6, 6.07) is 11.9. The molecule has 2 aromatic heterocycles. The normalized spacial score (nSPS) is 23.1. The van der Waals surface area contributed by atoms with Crippen LogP contribution in [0.5, 0.6) is 5.75 Å². The van der Waals surface area contributed by atoms with Gasteiger partial charge >= 0.3 is 28.1 Å². The summed E-state index contributed by atoms with van der Waals surface area (Å²) >= 11 is 0. The molecule has 9 atom stereocenters. The Morgan fingerprint density at radius 1 is 0.825 bits per heavy atom. The lowest BCUT2D eigenvalue weighted by Crippen LogP contribution is -2.61. The van der Waals surface area contributed by atoms with E-state index in [1.807, 2.05) is 0 Å². The summed E-state index contributed by atoms with van der Waals surface area (Å²) < 4.78 is 99.6. The number of carbonyl (C=O) groups excluding carboxylic acids is 4. The number of rotatable bonds is 27. The predicted octanol–water partition coefficient (Wildman–Crippen LogP) is -0.993. The molecule has 2 aliphatic heterocycles. The zero-order valence-corrected chi connectivity index (χ0v) is 43.7. The molecule has 4 amide bonds. The number of hydrogen-bond donors (Lipinski definition) is 9. The molecule has 80 heavy (non-hydrogen) atoms. The van der Waals surface area contributed by atoms with Crippen LogP contribution in [0.3, 0.4) is 0 Å². The fourth-order valence-electron chi connectivity index (χ4n) is 8.92. The van der Waals surface area contributed by atoms with E-state index < -0.39 is 113 Å². The summed E-state index contributed by atoms with van der Waals surface area (Å²) in [7, 11) is -4.36. The van der Waals surface area contributed by atoms with Crippen LogP contribution in [0.2, 0.25) is 0 Å². The van der Waals surface area contributed by atoms with Crippen molar-refractivity contribution in [2.45, 2.75) is 81.3 Å². The number of nitrogens with two attached hydrogens (primary N) is 1. The highest BCUT2D eigenvalue weighted by molar-refractivity contribution is 7.84. The number of carboxylic acids is 1. The first-order valence-electron chi connectivity index (χ1n) is 24.6. The molecule has 30 heteroatoms. The van der Waals surface area contributed by atoms with Crippen LogP contribution in [0.1, 0.15) is 36.1 Å². The van der Waals surface area contributed by atoms with Gasteiger partial charge in [0.15, 0.2) is 6.10 Å². The number of carbonyl (C=O) groups is 5. The summed E-state index contributed by atoms with van der Waals surface area (Å²) in [5, 5.41) is 77.8. The SMILES string of the molecule is NS(=O)(=O)OC[C@H]1C[C@@H](Cc2cc[n+](Cc3ccc(O[C@@H]4O[C@H](C(=O)O)[C@@H](O)[C@H](O)[C@H]4O)c(NC(=O)CCNC(=O)CCOCCOCCOCCN4C(=O)C=CC4=O)c3)c3cc(-c4cccc(C(F)(F)F)c4)nn23)[C@H](O)[C@@H]1O.[CH3-]. The molecular weight excluding hydrogens is 1090 g/mol. The maximum Gasteiger partial charge on any atom is 0.416 e. The smallest absolute Gasteiger partial charge is 0.416 e. The third-order valence-corrected chi connectivity index (χ3v) is 13.5. The Bertz CT molecular complexity index is 2970. The van der Waals surface area contributed by atoms with E-state index >= 15 is 0 Å². The second-order valence-electron chi connectivity index (χ2n) is 18.6. The van der Waals surface area contributed by atoms with Gasteiger partial charge in [0.05, 0.1) is 88.5 Å². The molecule has 0 bridgehead atoms. The highest BCUT2D eigenvalue weighted by Gasteiger charge is 2.48. The average molecular weight is 1150 g/mol. The fraction of sp³-hybridized carbons (Fsp3) is 0.480. The number of nitrogens with zero attached hydrogens (tertiary/aromatic N) is 4. The first kappa shape index (κ1) is 62.6. The Hall–Kier alpha value is -6.55. The van der Waals surface area contributed by atoms with E-state index in [0.717, 1.165) is 17.0 Å². The molecule has 2 aromatic carbocycles. The molecule has 1 saturated carbocycles. The number of imide groups is 1. The molecule has 26 nitrogen and oxygen atoms in total. The number of alkyl halides is 3. The lowest BCUT2D eigenvalue weighted by Gasteiger charge is -2.38. The number of benzene rings is 2. The third-order valence-electron chi connectivity index (χ3n) is 13.0. The van der Waals surface area contributed by atoms with E-state index in [4.69, 9.17) is 28.8 Å². The molecule has 3 aliphatic rings. The summed E-state index contributed by atoms with van der Waals surface area (Å²) in [6.45, 7) is 0.353. The molecule has 10 N–H and O–H groups in total. The average Bonchev–Trinajstić information content (AvgIpc) is 4.07. The topological polar surface area (TPSA) is 371 Å². The van der Waals surface area contributed by atoms with Crippen molar-refractivity contribution in [3.63, 3.8) is 0 Å². The largest absolute Gasteiger partial charge is 0.479 e. The van der Waals surface area contributed by atoms with Crippen molar-refractivity contribution in [2.75, 3.05) is 64.7 Å². The van der Waals surface area contributed by atoms with Crippen LogP contribution in [0.4, 0.5) is 18.9 Å². The van der Waals surface area contributed by atoms with Crippen LogP contribution in [-0.2, 0) is 76.5 Å². The van der Waals surface area contributed by atoms with Crippen molar-refractivity contribution in [3.05, 3.63) is 97.2 Å². The molecule has 2 fully saturated rings. The second kappa shape index (κ2) is 27.7. The van der Waals surface area contributed by atoms with Gasteiger partial charge in [0.25, 0.3) is 11.8 Å². The van der Waals surface area contributed by atoms with Crippen molar-refractivity contribution in [1.82, 2.24) is 19.8 Å². The Labute approximate surface area is 455 Å². The minimum atomic E-state index is -4.68. The summed E-state index contributed by atoms with van der Waals surface area (Å²) in [5.41, 5.74) is 0.364. The zero-order valence-electron chi connectivity index (χ0n) is 42.9. The Kier molecular flexibility index (Phi) is 21.7. The maximum absolute atomic E-state index is 13.9. The van der Waals surface area contributed by atoms with Crippen LogP contribution >= 0.6 is 0 Å². The van der Waals surface area contributed by atoms with E-state index in [2.05, 4.69) is 19.9 Å². The van der Waals surface area contributed by atoms with Gasteiger partial charge in [-0.15, -0.1) is 4.52 Å². The van der Waals surface area contributed by atoms with Crippen molar-refractivity contribution in [2.24, 2.45) is 17.0 Å². The number of carboxylic acid groups (broad SMARTS) is 1. The van der Waals surface area contributed by atoms with Gasteiger partial charge in [0.2, 0.25) is 18.1 Å². The molecule has 0 spiro atoms. The second-order valence-corrected chi connectivity index (χ2v) is 19.8. The van der Waals surface area contributed by atoms with Gasteiger partial charge < -0.3 is 72.4 Å². The molecule has 0 radical (unpaired) electrons. The highest BCUT2D eigenvalue weighted by atomic mass is 32.2. The lowest BCUT2D eigenvalue weighted by atomic mass is 9.98. The van der Waals surface area contributed by atoms with Crippen LogP contribution in [0.25, 0.3) is 16.9 Å². The van der Waals surface area contributed by atoms with Gasteiger partial charge in [-0.2, -0.15) is 21.6 Å². The number of ether oxygens (including phenoxy) is 5. The molecule has 7 rings (SSSR count). The van der Waals surface area contributed by atoms with E-state index in [1.54, 1.807) is 16.8 Å². The van der Waals surface area contributed by atoms with Gasteiger partial charge in [-0.05, 0) is 42.2 Å². The number of anilines is 1. The standard InChI is InChI=1S/C49H58F3N7O19S.CH3/c50-49(51,52)31-3-1-2-28(22-31)33-24-38-57(12-9-32(59(38)56-33)23-29-21-30(42(65)41(29)64)26-76-79(53,71)72)25-27-4-5-35(77-48-45(68)43(66)44(67)46(78-48)47(69)70)34(20-27)55-37(61)8-11-54-36(60)10-14-73-16-18-75-19-17-74-15-13-58-39(62)6-7-40(58)63;/h1-7,9,12,20,22,24,29-30,41-46,48,64-68H,8,10-11,13-19,21,23,25-26H2,(H4-,53,54,55,60,61,69,70,71,72);1H3/q;-1/p+1/t29-,30+,41-,42+,43-,44-,45+,46-,48+;/m0./s1. The van der Waals surface area contributed by atoms with Crippen molar-refractivity contribution >= 4 is 51.2 Å². The number of aliphatic carboxylic acids is 1. The summed E-state index contributed by atoms with van der Waals surface area (Å²) in [4.78, 5) is 62.1. The molecule has 4 aromatic rings. The summed E-state index contributed by atoms with van der Waals surface area (Å²) in [5.74, 6) is -5.31. The molecule has 4 heterocycles. The van der Waals surface area contributed by atoms with Gasteiger partial charge in [-0.3, -0.25) is 28.3 Å². The van der Waals surface area contributed by atoms with E-state index in [9.17, 15) is 76.2 Å². The number of amides is 4. The number of nitrogens with one attached hydrogen (secondary N) is 2. The van der Waals surface area contributed by atoms with Crippen molar-refractivity contribution in [1.29, 1.82) is 0 Å². The number of aromatic nitrogens is 3. The van der Waals surface area contributed by atoms with Gasteiger partial charge in [-0.1, -0.05) is 23.3 Å². The van der Waals surface area contributed by atoms with Gasteiger partial charge in [0, 0.05) is 55.5 Å². The van der Waals surface area contributed by atoms with Crippen LogP contribution in [-0.4, -0.2) is 185 Å². The maximum atomic E-state index is 13.9. The molecule has 1 saturated heterocycles. The highest BCUT2D eigenvalue weighted by Crippen LogP contribution is 2.36. The minimum Gasteiger partial charge on any atom is -0.479 e.